The lowest BCUT2D eigenvalue weighted by molar-refractivity contribution is -0.385. The topological polar surface area (TPSA) is 148 Å². The van der Waals surface area contributed by atoms with Crippen LogP contribution < -0.4 is 10.6 Å². The van der Waals surface area contributed by atoms with Gasteiger partial charge in [-0.1, -0.05) is 55.0 Å². The van der Waals surface area contributed by atoms with Gasteiger partial charge >= 0.3 is 12.1 Å². The molecule has 2 amide bonds. The predicted octanol–water partition coefficient (Wildman–Crippen LogP) is 3.19. The van der Waals surface area contributed by atoms with Gasteiger partial charge in [0, 0.05) is 31.0 Å². The molecule has 0 aliphatic rings. The van der Waals surface area contributed by atoms with Crippen molar-refractivity contribution in [1.82, 2.24) is 10.6 Å². The monoisotopic (exact) mass is 457 g/mol. The summed E-state index contributed by atoms with van der Waals surface area (Å²) in [5, 5.41) is 25.5. The molecular formula is C23H27N3O7. The fourth-order valence-corrected chi connectivity index (χ4v) is 3.10. The number of para-hydroxylation sites is 1. The van der Waals surface area contributed by atoms with E-state index in [4.69, 9.17) is 4.74 Å². The lowest BCUT2D eigenvalue weighted by atomic mass is 10.0. The number of benzene rings is 2. The number of carbonyl (C=O) groups is 3. The van der Waals surface area contributed by atoms with Crippen LogP contribution in [0, 0.1) is 10.1 Å². The zero-order valence-electron chi connectivity index (χ0n) is 18.1. The third-order valence-corrected chi connectivity index (χ3v) is 4.81. The highest BCUT2D eigenvalue weighted by atomic mass is 16.6. The average molecular weight is 457 g/mol. The van der Waals surface area contributed by atoms with Gasteiger partial charge in [0.1, 0.15) is 12.6 Å². The second kappa shape index (κ2) is 13.5. The van der Waals surface area contributed by atoms with Crippen molar-refractivity contribution in [2.24, 2.45) is 0 Å². The van der Waals surface area contributed by atoms with Crippen molar-refractivity contribution in [2.75, 3.05) is 6.54 Å². The molecule has 10 heteroatoms. The third-order valence-electron chi connectivity index (χ3n) is 4.81. The second-order valence-corrected chi connectivity index (χ2v) is 7.35. The number of nitrogens with one attached hydrogen (secondary N) is 2. The van der Waals surface area contributed by atoms with Crippen LogP contribution in [0.15, 0.2) is 54.6 Å². The maximum atomic E-state index is 12.1. The Bertz CT molecular complexity index is 950. The summed E-state index contributed by atoms with van der Waals surface area (Å²) in [5.41, 5.74) is 0.938. The number of hydrogen-bond donors (Lipinski definition) is 3. The van der Waals surface area contributed by atoms with E-state index in [1.165, 1.54) is 18.2 Å². The van der Waals surface area contributed by atoms with Crippen LogP contribution in [0.2, 0.25) is 0 Å². The van der Waals surface area contributed by atoms with Gasteiger partial charge in [0.2, 0.25) is 5.91 Å². The van der Waals surface area contributed by atoms with Gasteiger partial charge in [0.15, 0.2) is 0 Å². The number of carbonyl (C=O) groups excluding carboxylic acids is 2. The first-order chi connectivity index (χ1) is 15.9. The molecule has 0 unspecified atom stereocenters. The van der Waals surface area contributed by atoms with E-state index in [0.717, 1.165) is 5.56 Å². The van der Waals surface area contributed by atoms with Crippen molar-refractivity contribution >= 4 is 23.7 Å². The molecule has 0 heterocycles. The number of carboxylic acids is 1. The molecule has 2 aromatic rings. The van der Waals surface area contributed by atoms with Gasteiger partial charge < -0.3 is 20.5 Å². The highest BCUT2D eigenvalue weighted by Crippen LogP contribution is 2.19. The van der Waals surface area contributed by atoms with Crippen molar-refractivity contribution in [3.8, 4) is 0 Å². The van der Waals surface area contributed by atoms with E-state index in [9.17, 15) is 29.6 Å². The molecule has 0 saturated heterocycles. The van der Waals surface area contributed by atoms with Crippen LogP contribution in [0.4, 0.5) is 10.5 Å². The number of ether oxygens (including phenoxy) is 1. The largest absolute Gasteiger partial charge is 0.480 e. The Morgan fingerprint density at radius 3 is 2.39 bits per heavy atom. The van der Waals surface area contributed by atoms with E-state index in [-0.39, 0.29) is 30.7 Å². The summed E-state index contributed by atoms with van der Waals surface area (Å²) in [5.74, 6) is -1.71. The summed E-state index contributed by atoms with van der Waals surface area (Å²) < 4.78 is 5.10. The summed E-state index contributed by atoms with van der Waals surface area (Å²) in [6, 6.07) is 13.9. The van der Waals surface area contributed by atoms with E-state index in [2.05, 4.69) is 10.6 Å². The number of rotatable bonds is 13. The number of carboxylic acid groups (broad SMARTS) is 1. The Labute approximate surface area is 191 Å². The summed E-state index contributed by atoms with van der Waals surface area (Å²) in [6.07, 6.45) is 1.19. The summed E-state index contributed by atoms with van der Waals surface area (Å²) in [4.78, 5) is 45.8. The Morgan fingerprint density at radius 1 is 1.00 bits per heavy atom. The van der Waals surface area contributed by atoms with Crippen LogP contribution in [0.5, 0.6) is 0 Å². The lowest BCUT2D eigenvalue weighted by Crippen LogP contribution is -2.42. The quantitative estimate of drug-likeness (QED) is 0.238. The number of aliphatic carboxylic acids is 1. The number of nitro groups is 1. The Balaban J connectivity index is 1.64. The van der Waals surface area contributed by atoms with Crippen molar-refractivity contribution in [3.63, 3.8) is 0 Å². The van der Waals surface area contributed by atoms with Crippen LogP contribution in [0.25, 0.3) is 0 Å². The molecule has 0 aliphatic heterocycles. The van der Waals surface area contributed by atoms with E-state index in [0.29, 0.717) is 25.8 Å². The second-order valence-electron chi connectivity index (χ2n) is 7.35. The van der Waals surface area contributed by atoms with E-state index in [1.54, 1.807) is 6.07 Å². The maximum absolute atomic E-state index is 12.1. The van der Waals surface area contributed by atoms with E-state index in [1.807, 2.05) is 30.3 Å². The molecule has 2 aromatic carbocycles. The number of alkyl carbamates (subject to hydrolysis) is 1. The SMILES string of the molecule is O=C(CCCCCNC(=O)OCc1ccccc1)N[C@H](Cc1ccccc1[N+](=O)[O-])C(=O)O. The van der Waals surface area contributed by atoms with Gasteiger partial charge in [0.25, 0.3) is 5.69 Å². The molecule has 0 spiro atoms. The molecule has 1 atom stereocenters. The molecule has 33 heavy (non-hydrogen) atoms. The average Bonchev–Trinajstić information content (AvgIpc) is 2.80. The third kappa shape index (κ3) is 9.38. The van der Waals surface area contributed by atoms with Crippen LogP contribution >= 0.6 is 0 Å². The lowest BCUT2D eigenvalue weighted by Gasteiger charge is -2.15. The molecule has 0 aromatic heterocycles. The van der Waals surface area contributed by atoms with Crippen LogP contribution in [0.3, 0.4) is 0 Å². The van der Waals surface area contributed by atoms with Gasteiger partial charge in [-0.2, -0.15) is 0 Å². The van der Waals surface area contributed by atoms with Gasteiger partial charge in [-0.15, -0.1) is 0 Å². The zero-order chi connectivity index (χ0) is 24.1. The molecule has 10 nitrogen and oxygen atoms in total. The van der Waals surface area contributed by atoms with Crippen LogP contribution in [-0.2, 0) is 27.4 Å². The number of nitro benzene ring substituents is 1. The first-order valence-corrected chi connectivity index (χ1v) is 10.6. The Kier molecular flexibility index (Phi) is 10.3. The maximum Gasteiger partial charge on any atom is 0.407 e. The van der Waals surface area contributed by atoms with Gasteiger partial charge in [-0.25, -0.2) is 9.59 Å². The molecule has 0 aliphatic carbocycles. The first kappa shape index (κ1) is 25.3. The number of amides is 2. The highest BCUT2D eigenvalue weighted by molar-refractivity contribution is 5.83. The number of nitrogens with zero attached hydrogens (tertiary/aromatic N) is 1. The fraction of sp³-hybridized carbons (Fsp3) is 0.348. The number of hydrogen-bond acceptors (Lipinski definition) is 6. The van der Waals surface area contributed by atoms with Gasteiger partial charge in [-0.05, 0) is 18.4 Å². The highest BCUT2D eigenvalue weighted by Gasteiger charge is 2.24. The Hall–Kier alpha value is -3.95. The normalized spacial score (nSPS) is 11.3. The summed E-state index contributed by atoms with van der Waals surface area (Å²) in [6.45, 7) is 0.578. The standard InChI is InChI=1S/C23H27N3O7/c27-21(25-19(22(28)29)15-18-11-6-7-12-20(18)26(31)32)13-5-2-8-14-24-23(30)33-16-17-9-3-1-4-10-17/h1,3-4,6-7,9-12,19H,2,5,8,13-16H2,(H,24,30)(H,25,27)(H,28,29)/t19-/m1/s1. The Morgan fingerprint density at radius 2 is 1.70 bits per heavy atom. The molecule has 0 radical (unpaired) electrons. The smallest absolute Gasteiger partial charge is 0.407 e. The zero-order valence-corrected chi connectivity index (χ0v) is 18.1. The van der Waals surface area contributed by atoms with E-state index >= 15 is 0 Å². The molecular weight excluding hydrogens is 430 g/mol. The van der Waals surface area contributed by atoms with Crippen LogP contribution in [-0.4, -0.2) is 40.6 Å². The minimum atomic E-state index is -1.26. The molecule has 0 fully saturated rings. The predicted molar refractivity (Wildman–Crippen MR) is 119 cm³/mol. The molecule has 0 bridgehead atoms. The molecule has 3 N–H and O–H groups in total. The fourth-order valence-electron chi connectivity index (χ4n) is 3.10. The van der Waals surface area contributed by atoms with Gasteiger partial charge in [0.05, 0.1) is 4.92 Å². The summed E-state index contributed by atoms with van der Waals surface area (Å²) >= 11 is 0. The minimum absolute atomic E-state index is 0.110. The minimum Gasteiger partial charge on any atom is -0.480 e. The molecule has 176 valence electrons. The van der Waals surface area contributed by atoms with Crippen LogP contribution in [0.1, 0.15) is 36.8 Å². The summed E-state index contributed by atoms with van der Waals surface area (Å²) in [7, 11) is 0. The molecule has 2 rings (SSSR count). The first-order valence-electron chi connectivity index (χ1n) is 10.6. The number of unbranched alkanes of at least 4 members (excludes halogenated alkanes) is 2. The van der Waals surface area contributed by atoms with Gasteiger partial charge in [-0.3, -0.25) is 14.9 Å². The molecule has 0 saturated carbocycles. The van der Waals surface area contributed by atoms with E-state index < -0.39 is 28.9 Å². The van der Waals surface area contributed by atoms with Crippen molar-refractivity contribution < 1.29 is 29.2 Å². The van der Waals surface area contributed by atoms with Crippen molar-refractivity contribution in [3.05, 3.63) is 75.8 Å². The van der Waals surface area contributed by atoms with Crippen molar-refractivity contribution in [1.29, 1.82) is 0 Å². The van der Waals surface area contributed by atoms with Crippen molar-refractivity contribution in [2.45, 2.75) is 44.8 Å².